The topological polar surface area (TPSA) is 105 Å². The van der Waals surface area contributed by atoms with E-state index in [4.69, 9.17) is 9.84 Å². The summed E-state index contributed by atoms with van der Waals surface area (Å²) in [7, 11) is 0. The Kier molecular flexibility index (Phi) is 7.49. The molecule has 0 aliphatic carbocycles. The van der Waals surface area contributed by atoms with Crippen molar-refractivity contribution in [3.63, 3.8) is 0 Å². The lowest BCUT2D eigenvalue weighted by molar-refractivity contribution is -0.141. The third-order valence-corrected chi connectivity index (χ3v) is 4.63. The Bertz CT molecular complexity index is 1140. The molecule has 3 aromatic rings. The van der Waals surface area contributed by atoms with E-state index in [-0.39, 0.29) is 30.5 Å². The van der Waals surface area contributed by atoms with E-state index in [2.05, 4.69) is 15.3 Å². The summed E-state index contributed by atoms with van der Waals surface area (Å²) >= 11 is 0. The van der Waals surface area contributed by atoms with Crippen LogP contribution in [0.2, 0.25) is 0 Å². The second kappa shape index (κ2) is 10.3. The van der Waals surface area contributed by atoms with Crippen molar-refractivity contribution in [3.05, 3.63) is 65.5 Å². The molecule has 0 saturated carbocycles. The first-order valence-electron chi connectivity index (χ1n) is 10.1. The summed E-state index contributed by atoms with van der Waals surface area (Å²) in [6.45, 7) is 2.11. The van der Waals surface area contributed by atoms with Crippen molar-refractivity contribution in [3.8, 4) is 16.9 Å². The summed E-state index contributed by atoms with van der Waals surface area (Å²) in [6, 6.07) is 10.7. The number of benzene rings is 2. The van der Waals surface area contributed by atoms with E-state index in [1.54, 1.807) is 31.2 Å². The average Bonchev–Trinajstić information content (AvgIpc) is 2.76. The minimum atomic E-state index is -4.59. The Balaban J connectivity index is 1.88. The van der Waals surface area contributed by atoms with Crippen LogP contribution in [0.4, 0.5) is 24.8 Å². The zero-order valence-electron chi connectivity index (χ0n) is 17.7. The van der Waals surface area contributed by atoms with Crippen LogP contribution >= 0.6 is 0 Å². The number of alkyl halides is 3. The molecule has 0 aliphatic heterocycles. The number of aromatic carboxylic acids is 1. The van der Waals surface area contributed by atoms with Crippen molar-refractivity contribution in [2.75, 3.05) is 18.5 Å². The quantitative estimate of drug-likeness (QED) is 0.383. The molecule has 33 heavy (non-hydrogen) atoms. The van der Waals surface area contributed by atoms with Gasteiger partial charge in [-0.05, 0) is 66.8 Å². The Hall–Kier alpha value is -3.66. The maximum atomic E-state index is 12.9. The van der Waals surface area contributed by atoms with Crippen LogP contribution in [-0.2, 0) is 6.18 Å². The summed E-state index contributed by atoms with van der Waals surface area (Å²) in [6.07, 6.45) is -2.43. The largest absolute Gasteiger partial charge is 0.493 e. The zero-order valence-corrected chi connectivity index (χ0v) is 17.7. The van der Waals surface area contributed by atoms with Crippen LogP contribution in [0.1, 0.15) is 34.5 Å². The van der Waals surface area contributed by atoms with Crippen molar-refractivity contribution >= 4 is 17.6 Å². The first kappa shape index (κ1) is 24.0. The molecule has 0 bridgehead atoms. The molecule has 3 rings (SSSR count). The van der Waals surface area contributed by atoms with Crippen molar-refractivity contribution < 1.29 is 32.9 Å². The van der Waals surface area contributed by atoms with Gasteiger partial charge in [0.15, 0.2) is 0 Å². The van der Waals surface area contributed by atoms with Gasteiger partial charge in [-0.3, -0.25) is 0 Å². The van der Waals surface area contributed by atoms with Crippen LogP contribution in [0.5, 0.6) is 5.75 Å². The van der Waals surface area contributed by atoms with Crippen LogP contribution in [-0.4, -0.2) is 39.4 Å². The number of ether oxygens (including phenoxy) is 1. The molecule has 2 aromatic carbocycles. The maximum absolute atomic E-state index is 12.9. The van der Waals surface area contributed by atoms with Crippen molar-refractivity contribution in [1.29, 1.82) is 0 Å². The van der Waals surface area contributed by atoms with Gasteiger partial charge < -0.3 is 20.3 Å². The van der Waals surface area contributed by atoms with Crippen LogP contribution < -0.4 is 10.1 Å². The van der Waals surface area contributed by atoms with Crippen LogP contribution in [0.25, 0.3) is 11.1 Å². The van der Waals surface area contributed by atoms with Gasteiger partial charge in [0.05, 0.1) is 6.61 Å². The Morgan fingerprint density at radius 3 is 2.58 bits per heavy atom. The van der Waals surface area contributed by atoms with E-state index in [0.29, 0.717) is 29.7 Å². The number of hydrogen-bond donors (Lipinski definition) is 3. The van der Waals surface area contributed by atoms with E-state index < -0.39 is 17.8 Å². The van der Waals surface area contributed by atoms with E-state index in [1.165, 1.54) is 6.07 Å². The van der Waals surface area contributed by atoms with Crippen molar-refractivity contribution in [1.82, 2.24) is 9.97 Å². The summed E-state index contributed by atoms with van der Waals surface area (Å²) < 4.78 is 44.3. The molecule has 1 aromatic heterocycles. The minimum Gasteiger partial charge on any atom is -0.493 e. The Labute approximate surface area is 187 Å². The standard InChI is InChI=1S/C23H22F3N3O4/c1-14-10-16(12-17(11-14)28-22-27-7-6-20(29-22)23(24,25)26)15-4-5-19(18(13-15)21(31)32)33-9-3-2-8-30/h4-7,10-13,30H,2-3,8-9H2,1H3,(H,31,32)(H,27,28,29). The van der Waals surface area contributed by atoms with E-state index >= 15 is 0 Å². The monoisotopic (exact) mass is 461 g/mol. The Morgan fingerprint density at radius 1 is 1.09 bits per heavy atom. The number of nitrogens with zero attached hydrogens (tertiary/aromatic N) is 2. The number of anilines is 2. The molecule has 0 fully saturated rings. The molecular formula is C23H22F3N3O4. The highest BCUT2D eigenvalue weighted by molar-refractivity contribution is 5.93. The van der Waals surface area contributed by atoms with Gasteiger partial charge in [0.25, 0.3) is 0 Å². The normalized spacial score (nSPS) is 11.3. The molecule has 0 unspecified atom stereocenters. The molecule has 0 amide bonds. The molecule has 0 aliphatic rings. The fourth-order valence-electron chi connectivity index (χ4n) is 3.13. The highest BCUT2D eigenvalue weighted by atomic mass is 19.4. The van der Waals surface area contributed by atoms with Gasteiger partial charge in [-0.2, -0.15) is 13.2 Å². The number of carboxylic acids is 1. The highest BCUT2D eigenvalue weighted by Crippen LogP contribution is 2.31. The fraction of sp³-hybridized carbons (Fsp3) is 0.261. The number of aliphatic hydroxyl groups excluding tert-OH is 1. The summed E-state index contributed by atoms with van der Waals surface area (Å²) in [5.41, 5.74) is 1.40. The first-order valence-corrected chi connectivity index (χ1v) is 10.1. The molecule has 1 heterocycles. The number of aliphatic hydroxyl groups is 1. The summed E-state index contributed by atoms with van der Waals surface area (Å²) in [5.74, 6) is -1.15. The second-order valence-electron chi connectivity index (χ2n) is 7.27. The Morgan fingerprint density at radius 2 is 1.88 bits per heavy atom. The zero-order chi connectivity index (χ0) is 24.0. The number of rotatable bonds is 9. The van der Waals surface area contributed by atoms with Crippen molar-refractivity contribution in [2.45, 2.75) is 25.9 Å². The highest BCUT2D eigenvalue weighted by Gasteiger charge is 2.32. The van der Waals surface area contributed by atoms with E-state index in [9.17, 15) is 23.1 Å². The molecule has 174 valence electrons. The SMILES string of the molecule is Cc1cc(Nc2nccc(C(F)(F)F)n2)cc(-c2ccc(OCCCCO)c(C(=O)O)c2)c1. The molecule has 0 atom stereocenters. The predicted octanol–water partition coefficient (Wildman–Crippen LogP) is 5.06. The number of aromatic nitrogens is 2. The number of aryl methyl sites for hydroxylation is 1. The predicted molar refractivity (Wildman–Crippen MR) is 116 cm³/mol. The number of carbonyl (C=O) groups is 1. The van der Waals surface area contributed by atoms with E-state index in [1.807, 2.05) is 6.07 Å². The number of halogens is 3. The fourth-order valence-corrected chi connectivity index (χ4v) is 3.13. The smallest absolute Gasteiger partial charge is 0.433 e. The van der Waals surface area contributed by atoms with Gasteiger partial charge in [0.2, 0.25) is 5.95 Å². The molecule has 10 heteroatoms. The number of nitrogens with one attached hydrogen (secondary N) is 1. The van der Waals surface area contributed by atoms with Gasteiger partial charge in [0, 0.05) is 18.5 Å². The molecule has 0 radical (unpaired) electrons. The number of carboxylic acid groups (broad SMARTS) is 1. The van der Waals surface area contributed by atoms with Gasteiger partial charge in [0.1, 0.15) is 17.0 Å². The average molecular weight is 461 g/mol. The van der Waals surface area contributed by atoms with Crippen LogP contribution in [0.3, 0.4) is 0 Å². The molecule has 0 spiro atoms. The summed E-state index contributed by atoms with van der Waals surface area (Å²) in [5, 5.41) is 21.2. The third-order valence-electron chi connectivity index (χ3n) is 4.63. The van der Waals surface area contributed by atoms with Crippen LogP contribution in [0.15, 0.2) is 48.7 Å². The summed E-state index contributed by atoms with van der Waals surface area (Å²) in [4.78, 5) is 19.1. The molecular weight excluding hydrogens is 439 g/mol. The molecule has 7 nitrogen and oxygen atoms in total. The van der Waals surface area contributed by atoms with Gasteiger partial charge in [-0.25, -0.2) is 14.8 Å². The van der Waals surface area contributed by atoms with Crippen LogP contribution in [0, 0.1) is 6.92 Å². The lowest BCUT2D eigenvalue weighted by Crippen LogP contribution is -2.10. The lowest BCUT2D eigenvalue weighted by Gasteiger charge is -2.13. The first-order chi connectivity index (χ1) is 15.7. The molecule has 3 N–H and O–H groups in total. The lowest BCUT2D eigenvalue weighted by atomic mass is 10.00. The maximum Gasteiger partial charge on any atom is 0.433 e. The number of unbranched alkanes of at least 4 members (excludes halogenated alkanes) is 1. The second-order valence-corrected chi connectivity index (χ2v) is 7.27. The van der Waals surface area contributed by atoms with Gasteiger partial charge in [-0.1, -0.05) is 12.1 Å². The van der Waals surface area contributed by atoms with Crippen molar-refractivity contribution in [2.24, 2.45) is 0 Å². The van der Waals surface area contributed by atoms with E-state index in [0.717, 1.165) is 17.8 Å². The molecule has 0 saturated heterocycles. The minimum absolute atomic E-state index is 0.0197. The third kappa shape index (κ3) is 6.42. The number of hydrogen-bond acceptors (Lipinski definition) is 6. The van der Waals surface area contributed by atoms with Gasteiger partial charge in [-0.15, -0.1) is 0 Å². The van der Waals surface area contributed by atoms with Gasteiger partial charge >= 0.3 is 12.1 Å².